The fourth-order valence-electron chi connectivity index (χ4n) is 3.17. The van der Waals surface area contributed by atoms with Crippen LogP contribution in [0.4, 0.5) is 0 Å². The molecule has 0 bridgehead atoms. The molecule has 1 heterocycles. The Labute approximate surface area is 197 Å². The molecule has 0 fully saturated rings. The minimum absolute atomic E-state index is 0.170. The van der Waals surface area contributed by atoms with Crippen molar-refractivity contribution in [2.75, 3.05) is 5.75 Å². The third-order valence-corrected chi connectivity index (χ3v) is 5.98. The van der Waals surface area contributed by atoms with Crippen molar-refractivity contribution in [3.63, 3.8) is 0 Å². The molecule has 0 unspecified atom stereocenters. The molecule has 0 saturated heterocycles. The Hall–Kier alpha value is -3.71. The molecular formula is C26H25N5OS. The monoisotopic (exact) mass is 455 g/mol. The van der Waals surface area contributed by atoms with E-state index >= 15 is 0 Å². The number of nitrogens with one attached hydrogen (secondary N) is 1. The highest BCUT2D eigenvalue weighted by molar-refractivity contribution is 7.99. The first-order valence-corrected chi connectivity index (χ1v) is 11.6. The van der Waals surface area contributed by atoms with E-state index in [9.17, 15) is 4.79 Å². The van der Waals surface area contributed by atoms with Crippen molar-refractivity contribution in [3.8, 4) is 17.1 Å². The molecule has 0 atom stereocenters. The molecule has 1 N–H and O–H groups in total. The lowest BCUT2D eigenvalue weighted by Gasteiger charge is -2.11. The molecule has 0 saturated carbocycles. The highest BCUT2D eigenvalue weighted by atomic mass is 32.2. The standard InChI is InChI=1S/C26H25N5OS/c1-18-4-10-21(11-5-18)16-27-28-24(32)17-33-26-30-29-25(22-12-6-19(2)7-13-22)31(26)23-14-8-20(3)9-15-23/h4-16H,17H2,1-3H3,(H,28,32)/b27-16+. The first-order chi connectivity index (χ1) is 16.0. The van der Waals surface area contributed by atoms with Gasteiger partial charge in [-0.1, -0.05) is 89.1 Å². The minimum atomic E-state index is -0.210. The number of carbonyl (C=O) groups excluding carboxylic acids is 1. The largest absolute Gasteiger partial charge is 0.272 e. The quantitative estimate of drug-likeness (QED) is 0.239. The van der Waals surface area contributed by atoms with Gasteiger partial charge >= 0.3 is 0 Å². The maximum Gasteiger partial charge on any atom is 0.250 e. The fraction of sp³-hybridized carbons (Fsp3) is 0.154. The number of aromatic nitrogens is 3. The molecule has 0 aliphatic heterocycles. The second kappa shape index (κ2) is 10.3. The summed E-state index contributed by atoms with van der Waals surface area (Å²) in [5.41, 5.74) is 8.94. The smallest absolute Gasteiger partial charge is 0.250 e. The molecular weight excluding hydrogens is 430 g/mol. The lowest BCUT2D eigenvalue weighted by Crippen LogP contribution is -2.20. The third kappa shape index (κ3) is 5.75. The Balaban J connectivity index is 1.51. The van der Waals surface area contributed by atoms with Crippen LogP contribution in [0.25, 0.3) is 17.1 Å². The van der Waals surface area contributed by atoms with Crippen molar-refractivity contribution in [2.45, 2.75) is 25.9 Å². The Morgan fingerprint density at radius 3 is 2.09 bits per heavy atom. The van der Waals surface area contributed by atoms with E-state index in [1.807, 2.05) is 66.9 Å². The molecule has 4 aromatic rings. The van der Waals surface area contributed by atoms with Gasteiger partial charge in [0.25, 0.3) is 5.91 Å². The van der Waals surface area contributed by atoms with Gasteiger partial charge in [0, 0.05) is 11.3 Å². The molecule has 1 aromatic heterocycles. The number of rotatable bonds is 7. The number of hydrazone groups is 1. The molecule has 0 radical (unpaired) electrons. The number of thioether (sulfide) groups is 1. The zero-order chi connectivity index (χ0) is 23.2. The first kappa shape index (κ1) is 22.5. The summed E-state index contributed by atoms with van der Waals surface area (Å²) in [7, 11) is 0. The van der Waals surface area contributed by atoms with Crippen LogP contribution < -0.4 is 5.43 Å². The van der Waals surface area contributed by atoms with E-state index < -0.39 is 0 Å². The number of aryl methyl sites for hydroxylation is 3. The molecule has 6 nitrogen and oxygen atoms in total. The van der Waals surface area contributed by atoms with Gasteiger partial charge in [0.1, 0.15) is 0 Å². The summed E-state index contributed by atoms with van der Waals surface area (Å²) in [6, 6.07) is 24.3. The van der Waals surface area contributed by atoms with Crippen LogP contribution in [-0.2, 0) is 4.79 Å². The highest BCUT2D eigenvalue weighted by Crippen LogP contribution is 2.28. The van der Waals surface area contributed by atoms with E-state index in [0.29, 0.717) is 5.16 Å². The predicted octanol–water partition coefficient (Wildman–Crippen LogP) is 5.10. The normalized spacial score (nSPS) is 11.1. The number of carbonyl (C=O) groups is 1. The summed E-state index contributed by atoms with van der Waals surface area (Å²) in [6.45, 7) is 6.13. The van der Waals surface area contributed by atoms with Gasteiger partial charge in [-0.15, -0.1) is 10.2 Å². The van der Waals surface area contributed by atoms with Gasteiger partial charge in [0.05, 0.1) is 12.0 Å². The molecule has 7 heteroatoms. The summed E-state index contributed by atoms with van der Waals surface area (Å²) < 4.78 is 1.98. The van der Waals surface area contributed by atoms with Gasteiger partial charge in [0.2, 0.25) is 0 Å². The maximum atomic E-state index is 12.4. The fourth-order valence-corrected chi connectivity index (χ4v) is 3.92. The predicted molar refractivity (Wildman–Crippen MR) is 134 cm³/mol. The Kier molecular flexibility index (Phi) is 7.00. The summed E-state index contributed by atoms with van der Waals surface area (Å²) >= 11 is 1.32. The van der Waals surface area contributed by atoms with Gasteiger partial charge in [-0.3, -0.25) is 9.36 Å². The van der Waals surface area contributed by atoms with E-state index in [2.05, 4.69) is 51.9 Å². The molecule has 166 valence electrons. The lowest BCUT2D eigenvalue weighted by molar-refractivity contribution is -0.118. The molecule has 1 amide bonds. The molecule has 3 aromatic carbocycles. The number of benzene rings is 3. The van der Waals surface area contributed by atoms with Crippen molar-refractivity contribution in [1.29, 1.82) is 0 Å². The van der Waals surface area contributed by atoms with Crippen LogP contribution >= 0.6 is 11.8 Å². The third-order valence-electron chi connectivity index (χ3n) is 5.05. The van der Waals surface area contributed by atoms with E-state index in [4.69, 9.17) is 0 Å². The van der Waals surface area contributed by atoms with Crippen LogP contribution in [0, 0.1) is 20.8 Å². The van der Waals surface area contributed by atoms with Crippen molar-refractivity contribution < 1.29 is 4.79 Å². The van der Waals surface area contributed by atoms with Crippen molar-refractivity contribution in [3.05, 3.63) is 95.1 Å². The first-order valence-electron chi connectivity index (χ1n) is 10.6. The molecule has 4 rings (SSSR count). The van der Waals surface area contributed by atoms with E-state index in [1.54, 1.807) is 6.21 Å². The summed E-state index contributed by atoms with van der Waals surface area (Å²) in [6.07, 6.45) is 1.63. The van der Waals surface area contributed by atoms with Gasteiger partial charge in [-0.25, -0.2) is 5.43 Å². The maximum absolute atomic E-state index is 12.4. The van der Waals surface area contributed by atoms with Crippen LogP contribution in [0.2, 0.25) is 0 Å². The number of hydrogen-bond acceptors (Lipinski definition) is 5. The average Bonchev–Trinajstić information content (AvgIpc) is 3.24. The van der Waals surface area contributed by atoms with Crippen LogP contribution in [0.3, 0.4) is 0 Å². The van der Waals surface area contributed by atoms with E-state index in [0.717, 1.165) is 22.6 Å². The molecule has 0 spiro atoms. The van der Waals surface area contributed by atoms with Crippen LogP contribution in [0.5, 0.6) is 0 Å². The molecule has 0 aliphatic carbocycles. The molecule has 0 aliphatic rings. The van der Waals surface area contributed by atoms with Gasteiger partial charge in [-0.05, 0) is 38.5 Å². The van der Waals surface area contributed by atoms with Crippen molar-refractivity contribution >= 4 is 23.9 Å². The van der Waals surface area contributed by atoms with E-state index in [1.165, 1.54) is 28.5 Å². The minimum Gasteiger partial charge on any atom is -0.272 e. The second-order valence-electron chi connectivity index (χ2n) is 7.84. The van der Waals surface area contributed by atoms with Crippen LogP contribution in [-0.4, -0.2) is 32.6 Å². The van der Waals surface area contributed by atoms with Crippen molar-refractivity contribution in [1.82, 2.24) is 20.2 Å². The topological polar surface area (TPSA) is 72.2 Å². The van der Waals surface area contributed by atoms with Crippen LogP contribution in [0.15, 0.2) is 83.1 Å². The Bertz CT molecular complexity index is 1260. The zero-order valence-corrected chi connectivity index (χ0v) is 19.6. The number of amides is 1. The van der Waals surface area contributed by atoms with Crippen molar-refractivity contribution in [2.24, 2.45) is 5.10 Å². The Morgan fingerprint density at radius 1 is 0.879 bits per heavy atom. The Morgan fingerprint density at radius 2 is 1.45 bits per heavy atom. The SMILES string of the molecule is Cc1ccc(/C=N/NC(=O)CSc2nnc(-c3ccc(C)cc3)n2-c2ccc(C)cc2)cc1. The van der Waals surface area contributed by atoms with Gasteiger partial charge in [0.15, 0.2) is 11.0 Å². The van der Waals surface area contributed by atoms with Crippen LogP contribution in [0.1, 0.15) is 22.3 Å². The van der Waals surface area contributed by atoms with Gasteiger partial charge < -0.3 is 0 Å². The average molecular weight is 456 g/mol. The highest BCUT2D eigenvalue weighted by Gasteiger charge is 2.17. The summed E-state index contributed by atoms with van der Waals surface area (Å²) in [5.74, 6) is 0.696. The number of hydrogen-bond donors (Lipinski definition) is 1. The number of nitrogens with zero attached hydrogens (tertiary/aromatic N) is 4. The summed E-state index contributed by atoms with van der Waals surface area (Å²) in [4.78, 5) is 12.4. The molecule has 33 heavy (non-hydrogen) atoms. The second-order valence-corrected chi connectivity index (χ2v) is 8.78. The lowest BCUT2D eigenvalue weighted by atomic mass is 10.1. The summed E-state index contributed by atoms with van der Waals surface area (Å²) in [5, 5.41) is 13.5. The van der Waals surface area contributed by atoms with E-state index in [-0.39, 0.29) is 11.7 Å². The van der Waals surface area contributed by atoms with Gasteiger partial charge in [-0.2, -0.15) is 5.10 Å². The zero-order valence-electron chi connectivity index (χ0n) is 18.8.